The lowest BCUT2D eigenvalue weighted by atomic mass is 9.82. The van der Waals surface area contributed by atoms with Crippen LogP contribution in [0.5, 0.6) is 0 Å². The number of hydrogen-bond donors (Lipinski definition) is 0. The minimum absolute atomic E-state index is 0.0175. The van der Waals surface area contributed by atoms with Crippen molar-refractivity contribution in [1.82, 2.24) is 15.0 Å². The van der Waals surface area contributed by atoms with Gasteiger partial charge in [-0.3, -0.25) is 0 Å². The zero-order valence-corrected chi connectivity index (χ0v) is 36.8. The normalized spacial score (nSPS) is 13.1. The second-order valence-electron chi connectivity index (χ2n) is 17.9. The van der Waals surface area contributed by atoms with Crippen LogP contribution in [0.4, 0.5) is 0 Å². The molecule has 0 bridgehead atoms. The van der Waals surface area contributed by atoms with Gasteiger partial charge in [0.1, 0.15) is 22.3 Å². The van der Waals surface area contributed by atoms with Gasteiger partial charge >= 0.3 is 0 Å². The zero-order chi connectivity index (χ0) is 43.7. The first-order chi connectivity index (χ1) is 32.4. The number of rotatable bonds is 5. The van der Waals surface area contributed by atoms with Crippen molar-refractivity contribution in [2.75, 3.05) is 0 Å². The molecule has 66 heavy (non-hydrogen) atoms. The average molecular weight is 864 g/mol. The molecule has 9 aromatic carbocycles. The number of nitrogens with zero attached hydrogens (tertiary/aromatic N) is 3. The predicted molar refractivity (Wildman–Crippen MR) is 272 cm³/mol. The first-order valence-corrected chi connectivity index (χ1v) is 23.1. The zero-order valence-electron chi connectivity index (χ0n) is 36.0. The molecule has 0 aliphatic heterocycles. The molecule has 14 rings (SSSR count). The van der Waals surface area contributed by atoms with Crippen molar-refractivity contribution >= 4 is 75.4 Å². The summed E-state index contributed by atoms with van der Waals surface area (Å²) in [5, 5.41) is 6.34. The highest BCUT2D eigenvalue weighted by molar-refractivity contribution is 7.25. The van der Waals surface area contributed by atoms with E-state index in [9.17, 15) is 0 Å². The Balaban J connectivity index is 0.923. The van der Waals surface area contributed by atoms with Crippen molar-refractivity contribution in [3.63, 3.8) is 0 Å². The third-order valence-corrected chi connectivity index (χ3v) is 14.9. The fraction of sp³-hybridized carbons (Fsp3) is 0.0500. The predicted octanol–water partition coefficient (Wildman–Crippen LogP) is 16.7. The van der Waals surface area contributed by atoms with Crippen LogP contribution in [-0.4, -0.2) is 15.0 Å². The van der Waals surface area contributed by atoms with Gasteiger partial charge in [0, 0.05) is 58.3 Å². The summed E-state index contributed by atoms with van der Waals surface area (Å²) in [4.78, 5) is 16.0. The molecule has 6 heteroatoms. The first kappa shape index (κ1) is 37.2. The summed E-state index contributed by atoms with van der Waals surface area (Å²) in [7, 11) is 0. The van der Waals surface area contributed by atoms with E-state index < -0.39 is 0 Å². The molecule has 0 unspecified atom stereocenters. The van der Waals surface area contributed by atoms with Crippen LogP contribution >= 0.6 is 11.3 Å². The van der Waals surface area contributed by atoms with Gasteiger partial charge in [-0.2, -0.15) is 0 Å². The first-order valence-electron chi connectivity index (χ1n) is 22.3. The van der Waals surface area contributed by atoms with Crippen LogP contribution in [-0.2, 0) is 5.41 Å². The number of hydrogen-bond acceptors (Lipinski definition) is 6. The number of para-hydroxylation sites is 2. The van der Waals surface area contributed by atoms with E-state index in [0.29, 0.717) is 17.5 Å². The van der Waals surface area contributed by atoms with Crippen molar-refractivity contribution < 1.29 is 8.83 Å². The van der Waals surface area contributed by atoms with Crippen LogP contribution in [0, 0.1) is 0 Å². The van der Waals surface area contributed by atoms with E-state index in [0.717, 1.165) is 77.1 Å². The fourth-order valence-corrected chi connectivity index (χ4v) is 11.7. The van der Waals surface area contributed by atoms with Crippen molar-refractivity contribution in [3.05, 3.63) is 199 Å². The monoisotopic (exact) mass is 863 g/mol. The molecule has 310 valence electrons. The van der Waals surface area contributed by atoms with E-state index in [1.54, 1.807) is 11.3 Å². The topological polar surface area (TPSA) is 65.0 Å². The Kier molecular flexibility index (Phi) is 7.84. The summed E-state index contributed by atoms with van der Waals surface area (Å²) in [6.07, 6.45) is 0. The maximum Gasteiger partial charge on any atom is 0.167 e. The van der Waals surface area contributed by atoms with Gasteiger partial charge in [-0.15, -0.1) is 11.3 Å². The Labute approximate surface area is 383 Å². The molecule has 1 aliphatic carbocycles. The lowest BCUT2D eigenvalue weighted by Crippen LogP contribution is -2.14. The smallest absolute Gasteiger partial charge is 0.167 e. The van der Waals surface area contributed by atoms with Gasteiger partial charge < -0.3 is 8.83 Å². The van der Waals surface area contributed by atoms with E-state index in [1.165, 1.54) is 48.2 Å². The van der Waals surface area contributed by atoms with Crippen LogP contribution in [0.15, 0.2) is 197 Å². The van der Waals surface area contributed by atoms with Crippen LogP contribution in [0.3, 0.4) is 0 Å². The third kappa shape index (κ3) is 5.49. The Morgan fingerprint density at radius 1 is 0.364 bits per heavy atom. The molecule has 5 nitrogen and oxygen atoms in total. The Bertz CT molecular complexity index is 4150. The molecule has 0 atom stereocenters. The van der Waals surface area contributed by atoms with E-state index in [4.69, 9.17) is 23.8 Å². The summed E-state index contributed by atoms with van der Waals surface area (Å²) in [5.74, 6) is 1.69. The van der Waals surface area contributed by atoms with Gasteiger partial charge in [0.15, 0.2) is 17.5 Å². The van der Waals surface area contributed by atoms with Crippen molar-refractivity contribution in [2.24, 2.45) is 0 Å². The number of benzene rings is 9. The van der Waals surface area contributed by atoms with Gasteiger partial charge in [-0.05, 0) is 93.0 Å². The summed E-state index contributed by atoms with van der Waals surface area (Å²) in [6, 6.07) is 66.6. The molecular formula is C60H37N3O2S. The molecule has 0 saturated heterocycles. The lowest BCUT2D eigenvalue weighted by Gasteiger charge is -2.21. The van der Waals surface area contributed by atoms with Gasteiger partial charge in [0.25, 0.3) is 0 Å². The van der Waals surface area contributed by atoms with E-state index in [-0.39, 0.29) is 5.41 Å². The van der Waals surface area contributed by atoms with E-state index in [1.807, 2.05) is 36.4 Å². The molecule has 1 aliphatic rings. The SMILES string of the molecule is CC1(C)c2ccccc2-c2cc(-c3ccc(-c4ccc5oc6cccc(-c7nc(-c8cccc9c8oc8ccccc89)nc(-c8cccc9sc%10ccccc%10c89)n7)c6c5c4)cc3)ccc21. The second kappa shape index (κ2) is 13.9. The lowest BCUT2D eigenvalue weighted by molar-refractivity contribution is 0.660. The standard InChI is InChI=1S/C60H37N3O2S/c1-60(2)47-19-6-3-12-38(47)45-32-36(28-30-48(45)60)34-24-26-35(27-25-34)37-29-31-50-46(33-37)54-42(16-10-21-51(54)64-50)57-61-58(43-17-11-23-53-55(43)41-14-5-8-22-52(41)66-53)63-59(62-57)44-18-9-15-40-39-13-4-7-20-49(39)65-56(40)44/h3-33H,1-2H3. The van der Waals surface area contributed by atoms with Crippen LogP contribution in [0.25, 0.3) is 132 Å². The molecule has 4 aromatic heterocycles. The summed E-state index contributed by atoms with van der Waals surface area (Å²) < 4.78 is 15.6. The Hall–Kier alpha value is -8.19. The molecule has 0 amide bonds. The highest BCUT2D eigenvalue weighted by Gasteiger charge is 2.35. The molecule has 4 heterocycles. The van der Waals surface area contributed by atoms with E-state index in [2.05, 4.69) is 166 Å². The van der Waals surface area contributed by atoms with Crippen molar-refractivity contribution in [2.45, 2.75) is 19.3 Å². The highest BCUT2D eigenvalue weighted by Crippen LogP contribution is 2.50. The molecule has 0 N–H and O–H groups in total. The second-order valence-corrected chi connectivity index (χ2v) is 18.9. The maximum atomic E-state index is 6.59. The highest BCUT2D eigenvalue weighted by atomic mass is 32.1. The molecule has 0 spiro atoms. The molecular weight excluding hydrogens is 827 g/mol. The number of furan rings is 2. The fourth-order valence-electron chi connectivity index (χ4n) is 10.6. The summed E-state index contributed by atoms with van der Waals surface area (Å²) >= 11 is 1.78. The quantitative estimate of drug-likeness (QED) is 0.172. The molecule has 0 fully saturated rings. The number of thiophene rings is 1. The van der Waals surface area contributed by atoms with Gasteiger partial charge in [-0.25, -0.2) is 15.0 Å². The van der Waals surface area contributed by atoms with Crippen molar-refractivity contribution in [3.8, 4) is 67.5 Å². The number of fused-ring (bicyclic) bond motifs is 12. The van der Waals surface area contributed by atoms with Gasteiger partial charge in [0.2, 0.25) is 0 Å². The largest absolute Gasteiger partial charge is 0.456 e. The third-order valence-electron chi connectivity index (χ3n) is 13.8. The Morgan fingerprint density at radius 3 is 1.74 bits per heavy atom. The van der Waals surface area contributed by atoms with Crippen molar-refractivity contribution in [1.29, 1.82) is 0 Å². The minimum atomic E-state index is -0.0175. The van der Waals surface area contributed by atoms with Gasteiger partial charge in [0.05, 0.1) is 5.56 Å². The minimum Gasteiger partial charge on any atom is -0.456 e. The molecule has 0 radical (unpaired) electrons. The van der Waals surface area contributed by atoms with Gasteiger partial charge in [-0.1, -0.05) is 153 Å². The maximum absolute atomic E-state index is 6.59. The molecule has 0 saturated carbocycles. The Morgan fingerprint density at radius 2 is 0.909 bits per heavy atom. The summed E-state index contributed by atoms with van der Waals surface area (Å²) in [6.45, 7) is 4.65. The average Bonchev–Trinajstić information content (AvgIpc) is 4.11. The summed E-state index contributed by atoms with van der Waals surface area (Å²) in [5.41, 5.74) is 15.8. The van der Waals surface area contributed by atoms with E-state index >= 15 is 0 Å². The van der Waals surface area contributed by atoms with Crippen LogP contribution in [0.2, 0.25) is 0 Å². The van der Waals surface area contributed by atoms with Crippen LogP contribution < -0.4 is 0 Å². The molecule has 13 aromatic rings. The van der Waals surface area contributed by atoms with Crippen LogP contribution in [0.1, 0.15) is 25.0 Å². The number of aromatic nitrogens is 3.